The van der Waals surface area contributed by atoms with Gasteiger partial charge in [-0.1, -0.05) is 30.3 Å². The fourth-order valence-corrected chi connectivity index (χ4v) is 4.03. The van der Waals surface area contributed by atoms with E-state index in [2.05, 4.69) is 15.5 Å². The van der Waals surface area contributed by atoms with Crippen LogP contribution >= 0.6 is 0 Å². The van der Waals surface area contributed by atoms with Gasteiger partial charge in [-0.3, -0.25) is 14.4 Å². The molecule has 0 bridgehead atoms. The summed E-state index contributed by atoms with van der Waals surface area (Å²) in [6, 6.07) is 14.2. The fraction of sp³-hybridized carbons (Fsp3) is 0.185. The van der Waals surface area contributed by atoms with Crippen molar-refractivity contribution in [2.45, 2.75) is 13.3 Å². The van der Waals surface area contributed by atoms with E-state index in [0.717, 1.165) is 18.2 Å². The molecule has 4 aromatic rings. The van der Waals surface area contributed by atoms with E-state index in [0.29, 0.717) is 22.0 Å². The van der Waals surface area contributed by atoms with E-state index in [1.54, 1.807) is 31.2 Å². The van der Waals surface area contributed by atoms with E-state index in [9.17, 15) is 27.6 Å². The van der Waals surface area contributed by atoms with Crippen LogP contribution in [-0.4, -0.2) is 46.5 Å². The zero-order valence-electron chi connectivity index (χ0n) is 19.9. The number of amides is 2. The fourth-order valence-electron chi connectivity index (χ4n) is 4.03. The van der Waals surface area contributed by atoms with E-state index in [1.807, 2.05) is 0 Å². The Balaban J connectivity index is 1.48. The number of hydrogen-bond acceptors (Lipinski definition) is 4. The summed E-state index contributed by atoms with van der Waals surface area (Å²) >= 11 is 0. The molecule has 2 N–H and O–H groups in total. The molecule has 7 nitrogen and oxygen atoms in total. The van der Waals surface area contributed by atoms with Crippen molar-refractivity contribution in [2.24, 2.45) is 0 Å². The predicted molar refractivity (Wildman–Crippen MR) is 132 cm³/mol. The number of nitrogens with zero attached hydrogens (tertiary/aromatic N) is 2. The van der Waals surface area contributed by atoms with Crippen LogP contribution < -0.4 is 10.9 Å². The molecule has 0 aliphatic heterocycles. The van der Waals surface area contributed by atoms with Crippen LogP contribution in [0.25, 0.3) is 10.8 Å². The molecule has 4 rings (SSSR count). The van der Waals surface area contributed by atoms with Gasteiger partial charge in [0.05, 0.1) is 16.6 Å². The average Bonchev–Trinajstić information content (AvgIpc) is 2.89. The lowest BCUT2D eigenvalue weighted by atomic mass is 10.0. The maximum atomic E-state index is 14.7. The van der Waals surface area contributed by atoms with Crippen molar-refractivity contribution in [3.63, 3.8) is 0 Å². The quantitative estimate of drug-likeness (QED) is 0.378. The molecule has 0 aliphatic rings. The largest absolute Gasteiger partial charge is 0.350 e. The van der Waals surface area contributed by atoms with Crippen molar-refractivity contribution >= 4 is 22.6 Å². The molecule has 1 aromatic heterocycles. The zero-order chi connectivity index (χ0) is 26.5. The second kappa shape index (κ2) is 11.1. The summed E-state index contributed by atoms with van der Waals surface area (Å²) in [5, 5.41) is 10.1. The minimum atomic E-state index is -0.996. The third kappa shape index (κ3) is 5.53. The lowest BCUT2D eigenvalue weighted by molar-refractivity contribution is 0.0752. The van der Waals surface area contributed by atoms with Gasteiger partial charge >= 0.3 is 0 Å². The van der Waals surface area contributed by atoms with Gasteiger partial charge < -0.3 is 10.2 Å². The second-order valence-corrected chi connectivity index (χ2v) is 8.27. The molecule has 3 aromatic carbocycles. The SMILES string of the molecule is CCN(CCNC(=O)c1c(F)cccc1F)C(=O)c1cc(Cc2n[nH]c(=O)c3ccccc23)ccc1F. The van der Waals surface area contributed by atoms with Gasteiger partial charge in [0.1, 0.15) is 23.0 Å². The molecule has 0 spiro atoms. The normalized spacial score (nSPS) is 10.9. The van der Waals surface area contributed by atoms with Crippen molar-refractivity contribution in [3.8, 4) is 0 Å². The Morgan fingerprint density at radius 2 is 1.65 bits per heavy atom. The van der Waals surface area contributed by atoms with Crippen LogP contribution in [0.2, 0.25) is 0 Å². The number of nitrogens with one attached hydrogen (secondary N) is 2. The number of rotatable bonds is 8. The molecular formula is C27H23F3N4O3. The molecule has 0 radical (unpaired) electrons. The van der Waals surface area contributed by atoms with Crippen LogP contribution in [0.1, 0.15) is 38.9 Å². The van der Waals surface area contributed by atoms with Crippen molar-refractivity contribution in [3.05, 3.63) is 111 Å². The van der Waals surface area contributed by atoms with Crippen molar-refractivity contribution in [2.75, 3.05) is 19.6 Å². The van der Waals surface area contributed by atoms with Crippen molar-refractivity contribution in [1.82, 2.24) is 20.4 Å². The third-order valence-corrected chi connectivity index (χ3v) is 5.93. The number of carbonyl (C=O) groups excluding carboxylic acids is 2. The van der Waals surface area contributed by atoms with Gasteiger partial charge in [-0.2, -0.15) is 5.10 Å². The molecule has 37 heavy (non-hydrogen) atoms. The first-order valence-corrected chi connectivity index (χ1v) is 11.6. The Morgan fingerprint density at radius 1 is 0.946 bits per heavy atom. The maximum Gasteiger partial charge on any atom is 0.272 e. The number of likely N-dealkylation sites (N-methyl/N-ethyl adjacent to an activating group) is 1. The first-order valence-electron chi connectivity index (χ1n) is 11.6. The highest BCUT2D eigenvalue weighted by Gasteiger charge is 2.21. The zero-order valence-corrected chi connectivity index (χ0v) is 19.9. The molecule has 0 unspecified atom stereocenters. The van der Waals surface area contributed by atoms with Crippen molar-refractivity contribution < 1.29 is 22.8 Å². The highest BCUT2D eigenvalue weighted by molar-refractivity contribution is 5.96. The Hall–Kier alpha value is -4.47. The first-order chi connectivity index (χ1) is 17.8. The van der Waals surface area contributed by atoms with Gasteiger partial charge in [0, 0.05) is 31.4 Å². The van der Waals surface area contributed by atoms with Crippen LogP contribution in [0.15, 0.2) is 65.5 Å². The number of halogens is 3. The number of aromatic amines is 1. The molecular weight excluding hydrogens is 485 g/mol. The monoisotopic (exact) mass is 508 g/mol. The van der Waals surface area contributed by atoms with Crippen LogP contribution in [0, 0.1) is 17.5 Å². The van der Waals surface area contributed by atoms with Crippen molar-refractivity contribution in [1.29, 1.82) is 0 Å². The number of H-pyrrole nitrogens is 1. The lowest BCUT2D eigenvalue weighted by Gasteiger charge is -2.22. The Morgan fingerprint density at radius 3 is 2.35 bits per heavy atom. The van der Waals surface area contributed by atoms with Gasteiger partial charge in [-0.05, 0) is 42.8 Å². The average molecular weight is 509 g/mol. The summed E-state index contributed by atoms with van der Waals surface area (Å²) in [7, 11) is 0. The second-order valence-electron chi connectivity index (χ2n) is 8.27. The minimum absolute atomic E-state index is 0.00702. The summed E-state index contributed by atoms with van der Waals surface area (Å²) in [5.41, 5.74) is -0.0270. The smallest absolute Gasteiger partial charge is 0.272 e. The van der Waals surface area contributed by atoms with Crippen LogP contribution in [-0.2, 0) is 6.42 Å². The van der Waals surface area contributed by atoms with Crippen LogP contribution in [0.3, 0.4) is 0 Å². The summed E-state index contributed by atoms with van der Waals surface area (Å²) in [5.74, 6) is -4.27. The first kappa shape index (κ1) is 25.6. The topological polar surface area (TPSA) is 95.2 Å². The van der Waals surface area contributed by atoms with Crippen LogP contribution in [0.4, 0.5) is 13.2 Å². The number of hydrogen-bond donors (Lipinski definition) is 2. The lowest BCUT2D eigenvalue weighted by Crippen LogP contribution is -2.39. The standard InChI is InChI=1S/C27H23F3N4O3/c1-2-34(13-12-31-26(36)24-21(29)8-5-9-22(24)30)27(37)19-14-16(10-11-20(19)28)15-23-17-6-3-4-7-18(17)25(35)33-32-23/h3-11,14H,2,12-13,15H2,1H3,(H,31,36)(H,33,35). The maximum absolute atomic E-state index is 14.7. The molecule has 190 valence electrons. The van der Waals surface area contributed by atoms with Gasteiger partial charge in [0.25, 0.3) is 17.4 Å². The molecule has 0 atom stereocenters. The Labute approximate surface area is 209 Å². The van der Waals surface area contributed by atoms with E-state index in [1.165, 1.54) is 23.1 Å². The molecule has 1 heterocycles. The summed E-state index contributed by atoms with van der Waals surface area (Å²) in [6.07, 6.45) is 0.244. The Bertz CT molecular complexity index is 1520. The van der Waals surface area contributed by atoms with Gasteiger partial charge in [0.2, 0.25) is 0 Å². The predicted octanol–water partition coefficient (Wildman–Crippen LogP) is 3.82. The Kier molecular flexibility index (Phi) is 7.66. The van der Waals surface area contributed by atoms with E-state index >= 15 is 0 Å². The molecule has 0 aliphatic carbocycles. The van der Waals surface area contributed by atoms with Gasteiger partial charge in [-0.25, -0.2) is 18.3 Å². The highest BCUT2D eigenvalue weighted by atomic mass is 19.1. The van der Waals surface area contributed by atoms with Crippen LogP contribution in [0.5, 0.6) is 0 Å². The summed E-state index contributed by atoms with van der Waals surface area (Å²) in [4.78, 5) is 38.7. The molecule has 0 fully saturated rings. The minimum Gasteiger partial charge on any atom is -0.350 e. The van der Waals surface area contributed by atoms with E-state index in [-0.39, 0.29) is 37.2 Å². The number of fused-ring (bicyclic) bond motifs is 1. The highest BCUT2D eigenvalue weighted by Crippen LogP contribution is 2.19. The molecule has 0 saturated heterocycles. The number of carbonyl (C=O) groups is 2. The molecule has 2 amide bonds. The van der Waals surface area contributed by atoms with Gasteiger partial charge in [-0.15, -0.1) is 0 Å². The molecule has 0 saturated carbocycles. The number of benzene rings is 3. The van der Waals surface area contributed by atoms with Gasteiger partial charge in [0.15, 0.2) is 0 Å². The third-order valence-electron chi connectivity index (χ3n) is 5.93. The van der Waals surface area contributed by atoms with E-state index < -0.39 is 34.8 Å². The summed E-state index contributed by atoms with van der Waals surface area (Å²) < 4.78 is 42.3. The number of aromatic nitrogens is 2. The molecule has 10 heteroatoms. The summed E-state index contributed by atoms with van der Waals surface area (Å²) in [6.45, 7) is 1.79. The van der Waals surface area contributed by atoms with E-state index in [4.69, 9.17) is 0 Å².